The molecule has 0 fully saturated rings. The van der Waals surface area contributed by atoms with Crippen LogP contribution in [0.3, 0.4) is 0 Å². The Labute approximate surface area is 160 Å². The van der Waals surface area contributed by atoms with Crippen molar-refractivity contribution in [3.8, 4) is 0 Å². The number of rotatable bonds is 2. The van der Waals surface area contributed by atoms with Gasteiger partial charge in [-0.2, -0.15) is 26.3 Å². The van der Waals surface area contributed by atoms with Gasteiger partial charge in [0.1, 0.15) is 0 Å². The Morgan fingerprint density at radius 2 is 1.67 bits per heavy atom. The lowest BCUT2D eigenvalue weighted by Gasteiger charge is -2.25. The molecule has 1 aliphatic carbocycles. The molecule has 0 radical (unpaired) electrons. The van der Waals surface area contributed by atoms with E-state index >= 15 is 0 Å². The van der Waals surface area contributed by atoms with Crippen LogP contribution in [0.15, 0.2) is 40.4 Å². The number of carbonyl (C=O) groups is 1. The van der Waals surface area contributed by atoms with Gasteiger partial charge in [-0.1, -0.05) is 23.7 Å². The summed E-state index contributed by atoms with van der Waals surface area (Å²) in [7, 11) is 0. The molecule has 1 atom stereocenters. The van der Waals surface area contributed by atoms with Gasteiger partial charge in [0, 0.05) is 0 Å². The van der Waals surface area contributed by atoms with E-state index in [0.717, 1.165) is 0 Å². The highest BCUT2D eigenvalue weighted by Gasteiger charge is 2.46. The van der Waals surface area contributed by atoms with E-state index in [-0.39, 0.29) is 16.8 Å². The van der Waals surface area contributed by atoms with Crippen molar-refractivity contribution >= 4 is 39.8 Å². The monoisotopic (exact) mass is 429 g/mol. The van der Waals surface area contributed by atoms with E-state index in [4.69, 9.17) is 23.2 Å². The van der Waals surface area contributed by atoms with Crippen LogP contribution in [0.4, 0.5) is 32.0 Å². The van der Waals surface area contributed by atoms with Gasteiger partial charge in [0.05, 0.1) is 33.5 Å². The maximum atomic E-state index is 13.4. The number of hydrogen-bond acceptors (Lipinski definition) is 2. The zero-order valence-electron chi connectivity index (χ0n) is 13.8. The summed E-state index contributed by atoms with van der Waals surface area (Å²) in [6.45, 7) is 3.22. The van der Waals surface area contributed by atoms with Crippen LogP contribution in [-0.4, -0.2) is 23.3 Å². The van der Waals surface area contributed by atoms with Crippen molar-refractivity contribution in [2.45, 2.75) is 26.2 Å². The summed E-state index contributed by atoms with van der Waals surface area (Å²) in [5.74, 6) is -2.03. The minimum atomic E-state index is -5.20. The summed E-state index contributed by atoms with van der Waals surface area (Å²) in [4.78, 5) is 15.4. The number of carbonyl (C=O) groups excluding carboxylic acids is 1. The lowest BCUT2D eigenvalue weighted by Crippen LogP contribution is -2.33. The summed E-state index contributed by atoms with van der Waals surface area (Å²) in [5, 5.41) is -1.43. The fraction of sp³-hybridized carbons (Fsp3) is 0.294. The molecule has 0 saturated carbocycles. The van der Waals surface area contributed by atoms with E-state index in [1.54, 1.807) is 13.0 Å². The molecule has 1 aromatic carbocycles. The molecule has 1 unspecified atom stereocenters. The van der Waals surface area contributed by atoms with Gasteiger partial charge in [0.15, 0.2) is 0 Å². The van der Waals surface area contributed by atoms with Crippen LogP contribution >= 0.6 is 23.2 Å². The van der Waals surface area contributed by atoms with Gasteiger partial charge in [-0.25, -0.2) is 4.99 Å². The van der Waals surface area contributed by atoms with Crippen molar-refractivity contribution in [3.05, 3.63) is 51.6 Å². The van der Waals surface area contributed by atoms with Crippen molar-refractivity contribution in [1.82, 2.24) is 0 Å². The van der Waals surface area contributed by atoms with E-state index in [9.17, 15) is 31.1 Å². The second kappa shape index (κ2) is 7.31. The Balaban J connectivity index is 2.78. The maximum Gasteiger partial charge on any atom is 0.418 e. The van der Waals surface area contributed by atoms with Crippen LogP contribution in [-0.2, 0) is 4.79 Å². The van der Waals surface area contributed by atoms with Crippen molar-refractivity contribution in [2.24, 2.45) is 10.9 Å². The number of aryl methyl sites for hydroxylation is 2. The molecular formula is C17H11Cl2F6NO. The van der Waals surface area contributed by atoms with Crippen LogP contribution in [0.2, 0.25) is 5.02 Å². The van der Waals surface area contributed by atoms with Gasteiger partial charge in [-0.05, 0) is 48.7 Å². The van der Waals surface area contributed by atoms with Crippen LogP contribution < -0.4 is 0 Å². The van der Waals surface area contributed by atoms with Gasteiger partial charge in [-0.15, -0.1) is 0 Å². The predicted octanol–water partition coefficient (Wildman–Crippen LogP) is 6.40. The first kappa shape index (κ1) is 21.5. The molecule has 2 nitrogen and oxygen atoms in total. The summed E-state index contributed by atoms with van der Waals surface area (Å²) < 4.78 is 79.2. The Kier molecular flexibility index (Phi) is 5.82. The molecule has 0 heterocycles. The average molecular weight is 430 g/mol. The van der Waals surface area contributed by atoms with Gasteiger partial charge < -0.3 is 0 Å². The number of aliphatic imine (C=N–C) groups is 1. The van der Waals surface area contributed by atoms with E-state index in [1.807, 2.05) is 0 Å². The second-order valence-electron chi connectivity index (χ2n) is 5.87. The molecule has 0 N–H and O–H groups in total. The molecule has 0 spiro atoms. The summed E-state index contributed by atoms with van der Waals surface area (Å²) in [6.07, 6.45) is -10.1. The summed E-state index contributed by atoms with van der Waals surface area (Å²) in [6, 6.07) is 3.02. The third-order valence-electron chi connectivity index (χ3n) is 3.72. The van der Waals surface area contributed by atoms with Crippen molar-refractivity contribution in [2.75, 3.05) is 0 Å². The van der Waals surface area contributed by atoms with Crippen LogP contribution in [0.5, 0.6) is 0 Å². The lowest BCUT2D eigenvalue weighted by atomic mass is 9.88. The maximum absolute atomic E-state index is 13.4. The first-order valence-electron chi connectivity index (χ1n) is 7.34. The van der Waals surface area contributed by atoms with Gasteiger partial charge >= 0.3 is 12.4 Å². The third-order valence-corrected chi connectivity index (χ3v) is 4.25. The van der Waals surface area contributed by atoms with Crippen molar-refractivity contribution in [1.29, 1.82) is 0 Å². The number of hydrogen-bond donors (Lipinski definition) is 0. The van der Waals surface area contributed by atoms with Gasteiger partial charge in [-0.3, -0.25) is 4.79 Å². The second-order valence-corrected chi connectivity index (χ2v) is 6.65. The number of allylic oxidation sites excluding steroid dienone is 4. The Bertz CT molecular complexity index is 857. The Morgan fingerprint density at radius 3 is 2.11 bits per heavy atom. The number of halogens is 8. The first-order valence-corrected chi connectivity index (χ1v) is 8.10. The largest absolute Gasteiger partial charge is 0.418 e. The average Bonchev–Trinajstić information content (AvgIpc) is 2.48. The topological polar surface area (TPSA) is 29.4 Å². The molecule has 146 valence electrons. The SMILES string of the molecule is Cc1cc(C)c(N=C2C(C(F)(F)F)=CC(C(F)(F)F)=CC2C(=O)Cl)c(Cl)c1. The van der Waals surface area contributed by atoms with Crippen molar-refractivity contribution < 1.29 is 31.1 Å². The van der Waals surface area contributed by atoms with Crippen molar-refractivity contribution in [3.63, 3.8) is 0 Å². The predicted molar refractivity (Wildman–Crippen MR) is 90.6 cm³/mol. The molecule has 2 rings (SSSR count). The molecule has 0 aliphatic heterocycles. The third kappa shape index (κ3) is 4.73. The van der Waals surface area contributed by atoms with E-state index in [2.05, 4.69) is 4.99 Å². The highest BCUT2D eigenvalue weighted by Crippen LogP contribution is 2.41. The molecule has 0 amide bonds. The normalized spacial score (nSPS) is 19.8. The van der Waals surface area contributed by atoms with Gasteiger partial charge in [0.2, 0.25) is 5.24 Å². The fourth-order valence-corrected chi connectivity index (χ4v) is 3.11. The highest BCUT2D eigenvalue weighted by atomic mass is 35.5. The minimum absolute atomic E-state index is 0.00658. The zero-order valence-corrected chi connectivity index (χ0v) is 15.3. The molecule has 27 heavy (non-hydrogen) atoms. The minimum Gasteiger partial charge on any atom is -0.280 e. The standard InChI is InChI=1S/C17H11Cl2F6NO/c1-7-3-8(2)13(12(18)4-7)26-14-10(15(19)27)5-9(16(20,21)22)6-11(14)17(23,24)25/h3-6,10H,1-2H3. The summed E-state index contributed by atoms with van der Waals surface area (Å²) in [5.41, 5.74) is -3.25. The summed E-state index contributed by atoms with van der Waals surface area (Å²) >= 11 is 11.3. The zero-order chi connectivity index (χ0) is 20.7. The quantitative estimate of drug-likeness (QED) is 0.394. The molecule has 1 aromatic rings. The highest BCUT2D eigenvalue weighted by molar-refractivity contribution is 6.66. The molecule has 0 bridgehead atoms. The van der Waals surface area contributed by atoms with E-state index < -0.39 is 40.4 Å². The van der Waals surface area contributed by atoms with Crippen LogP contribution in [0.25, 0.3) is 0 Å². The number of alkyl halides is 6. The number of benzene rings is 1. The Hall–Kier alpha value is -1.80. The molecular weight excluding hydrogens is 419 g/mol. The molecule has 0 saturated heterocycles. The van der Waals surface area contributed by atoms with E-state index in [0.29, 0.717) is 17.2 Å². The van der Waals surface area contributed by atoms with Gasteiger partial charge in [0.25, 0.3) is 0 Å². The smallest absolute Gasteiger partial charge is 0.280 e. The molecule has 0 aromatic heterocycles. The molecule has 10 heteroatoms. The fourth-order valence-electron chi connectivity index (χ4n) is 2.58. The molecule has 1 aliphatic rings. The van der Waals surface area contributed by atoms with Crippen LogP contribution in [0.1, 0.15) is 11.1 Å². The number of nitrogens with zero attached hydrogens (tertiary/aromatic N) is 1. The van der Waals surface area contributed by atoms with Crippen LogP contribution in [0, 0.1) is 19.8 Å². The van der Waals surface area contributed by atoms with E-state index in [1.165, 1.54) is 13.0 Å². The Morgan fingerprint density at radius 1 is 1.07 bits per heavy atom. The first-order chi connectivity index (χ1) is 12.2. The lowest BCUT2D eigenvalue weighted by molar-refractivity contribution is -0.112.